The second-order valence-corrected chi connectivity index (χ2v) is 6.46. The molecule has 0 bridgehead atoms. The number of rotatable bonds is 4. The summed E-state index contributed by atoms with van der Waals surface area (Å²) in [4.78, 5) is 12.0. The van der Waals surface area contributed by atoms with Crippen molar-refractivity contribution >= 4 is 46.2 Å². The molecule has 0 atom stereocenters. The molecule has 0 saturated heterocycles. The number of thiocarbonyl (C=S) groups is 1. The molecule has 1 amide bonds. The summed E-state index contributed by atoms with van der Waals surface area (Å²) in [5.41, 5.74) is 4.73. The van der Waals surface area contributed by atoms with Gasteiger partial charge in [-0.05, 0) is 73.9 Å². The SMILES string of the molecule is Cc1cc(C)cc(NC(=S)NCC(=O)Nc2cccc(Cl)c2C)c1. The summed E-state index contributed by atoms with van der Waals surface area (Å²) < 4.78 is 0. The highest BCUT2D eigenvalue weighted by Crippen LogP contribution is 2.22. The Labute approximate surface area is 152 Å². The van der Waals surface area contributed by atoms with E-state index in [1.807, 2.05) is 39.0 Å². The molecule has 0 aromatic heterocycles. The van der Waals surface area contributed by atoms with E-state index >= 15 is 0 Å². The average molecular weight is 362 g/mol. The number of benzene rings is 2. The fourth-order valence-corrected chi connectivity index (χ4v) is 2.68. The lowest BCUT2D eigenvalue weighted by Crippen LogP contribution is -2.35. The second kappa shape index (κ2) is 8.13. The summed E-state index contributed by atoms with van der Waals surface area (Å²) in [5.74, 6) is -0.190. The van der Waals surface area contributed by atoms with E-state index in [0.717, 1.165) is 22.4 Å². The Morgan fingerprint density at radius 1 is 1.08 bits per heavy atom. The van der Waals surface area contributed by atoms with Crippen molar-refractivity contribution < 1.29 is 4.79 Å². The van der Waals surface area contributed by atoms with Gasteiger partial charge in [0.1, 0.15) is 0 Å². The van der Waals surface area contributed by atoms with Crippen molar-refractivity contribution in [1.29, 1.82) is 0 Å². The number of carbonyl (C=O) groups excluding carboxylic acids is 1. The first kappa shape index (κ1) is 18.2. The highest BCUT2D eigenvalue weighted by molar-refractivity contribution is 7.80. The molecule has 4 nitrogen and oxygen atoms in total. The molecule has 24 heavy (non-hydrogen) atoms. The summed E-state index contributed by atoms with van der Waals surface area (Å²) >= 11 is 11.3. The molecule has 6 heteroatoms. The quantitative estimate of drug-likeness (QED) is 0.715. The summed E-state index contributed by atoms with van der Waals surface area (Å²) in [5, 5.41) is 9.82. The van der Waals surface area contributed by atoms with E-state index in [9.17, 15) is 4.79 Å². The lowest BCUT2D eigenvalue weighted by molar-refractivity contribution is -0.115. The Morgan fingerprint density at radius 3 is 2.42 bits per heavy atom. The van der Waals surface area contributed by atoms with Gasteiger partial charge in [0.15, 0.2) is 5.11 Å². The first-order valence-corrected chi connectivity index (χ1v) is 8.32. The van der Waals surface area contributed by atoms with Gasteiger partial charge >= 0.3 is 0 Å². The fourth-order valence-electron chi connectivity index (χ4n) is 2.32. The van der Waals surface area contributed by atoms with E-state index in [2.05, 4.69) is 22.0 Å². The Kier molecular flexibility index (Phi) is 6.17. The minimum atomic E-state index is -0.190. The third-order valence-electron chi connectivity index (χ3n) is 3.43. The van der Waals surface area contributed by atoms with Crippen molar-refractivity contribution in [2.45, 2.75) is 20.8 Å². The maximum Gasteiger partial charge on any atom is 0.243 e. The Balaban J connectivity index is 1.87. The van der Waals surface area contributed by atoms with Crippen LogP contribution in [0.1, 0.15) is 16.7 Å². The fraction of sp³-hybridized carbons (Fsp3) is 0.222. The molecular formula is C18H20ClN3OS. The summed E-state index contributed by atoms with van der Waals surface area (Å²) in [6.45, 7) is 5.98. The number of halogens is 1. The number of amides is 1. The van der Waals surface area contributed by atoms with Crippen LogP contribution in [0.5, 0.6) is 0 Å². The van der Waals surface area contributed by atoms with Gasteiger partial charge in [-0.15, -0.1) is 0 Å². The third kappa shape index (κ3) is 5.22. The molecular weight excluding hydrogens is 342 g/mol. The Morgan fingerprint density at radius 2 is 1.75 bits per heavy atom. The smallest absolute Gasteiger partial charge is 0.243 e. The topological polar surface area (TPSA) is 53.2 Å². The van der Waals surface area contributed by atoms with Gasteiger partial charge in [0.2, 0.25) is 5.91 Å². The van der Waals surface area contributed by atoms with Crippen molar-refractivity contribution in [3.63, 3.8) is 0 Å². The number of hydrogen-bond donors (Lipinski definition) is 3. The molecule has 2 rings (SSSR count). The van der Waals surface area contributed by atoms with Crippen LogP contribution in [-0.2, 0) is 4.79 Å². The standard InChI is InChI=1S/C18H20ClN3OS/c1-11-7-12(2)9-14(8-11)21-18(24)20-10-17(23)22-16-6-4-5-15(19)13(16)3/h4-9H,10H2,1-3H3,(H,22,23)(H2,20,21,24). The Hall–Kier alpha value is -2.11. The van der Waals surface area contributed by atoms with Crippen LogP contribution in [0.2, 0.25) is 5.02 Å². The third-order valence-corrected chi connectivity index (χ3v) is 4.09. The first-order chi connectivity index (χ1) is 11.3. The van der Waals surface area contributed by atoms with E-state index in [4.69, 9.17) is 23.8 Å². The molecule has 3 N–H and O–H groups in total. The van der Waals surface area contributed by atoms with E-state index in [0.29, 0.717) is 15.8 Å². The molecule has 0 aliphatic rings. The largest absolute Gasteiger partial charge is 0.353 e. The first-order valence-electron chi connectivity index (χ1n) is 7.53. The van der Waals surface area contributed by atoms with Crippen LogP contribution in [0, 0.1) is 20.8 Å². The average Bonchev–Trinajstić information content (AvgIpc) is 2.49. The van der Waals surface area contributed by atoms with Gasteiger partial charge in [-0.25, -0.2) is 0 Å². The van der Waals surface area contributed by atoms with E-state index in [1.54, 1.807) is 12.1 Å². The number of carbonyl (C=O) groups is 1. The van der Waals surface area contributed by atoms with Crippen molar-refractivity contribution in [1.82, 2.24) is 5.32 Å². The summed E-state index contributed by atoms with van der Waals surface area (Å²) in [6, 6.07) is 11.5. The molecule has 2 aromatic rings. The molecule has 0 aliphatic carbocycles. The number of nitrogens with one attached hydrogen (secondary N) is 3. The van der Waals surface area contributed by atoms with Crippen LogP contribution in [0.4, 0.5) is 11.4 Å². The number of hydrogen-bond acceptors (Lipinski definition) is 2. The highest BCUT2D eigenvalue weighted by atomic mass is 35.5. The van der Waals surface area contributed by atoms with Gasteiger partial charge in [0.05, 0.1) is 6.54 Å². The maximum atomic E-state index is 12.0. The Bertz CT molecular complexity index is 757. The number of aryl methyl sites for hydroxylation is 2. The van der Waals surface area contributed by atoms with Crippen LogP contribution in [0.3, 0.4) is 0 Å². The van der Waals surface area contributed by atoms with Gasteiger partial charge in [0.25, 0.3) is 0 Å². The molecule has 0 unspecified atom stereocenters. The summed E-state index contributed by atoms with van der Waals surface area (Å²) in [6.07, 6.45) is 0. The molecule has 2 aromatic carbocycles. The monoisotopic (exact) mass is 361 g/mol. The van der Waals surface area contributed by atoms with Crippen molar-refractivity contribution in [2.24, 2.45) is 0 Å². The predicted molar refractivity (Wildman–Crippen MR) is 105 cm³/mol. The van der Waals surface area contributed by atoms with Gasteiger partial charge in [-0.2, -0.15) is 0 Å². The number of anilines is 2. The van der Waals surface area contributed by atoms with E-state index in [1.165, 1.54) is 0 Å². The van der Waals surface area contributed by atoms with Crippen molar-refractivity contribution in [3.8, 4) is 0 Å². The zero-order valence-corrected chi connectivity index (χ0v) is 15.4. The maximum absolute atomic E-state index is 12.0. The van der Waals surface area contributed by atoms with Crippen LogP contribution < -0.4 is 16.0 Å². The van der Waals surface area contributed by atoms with Crippen LogP contribution in [-0.4, -0.2) is 17.6 Å². The van der Waals surface area contributed by atoms with Gasteiger partial charge < -0.3 is 16.0 Å². The van der Waals surface area contributed by atoms with Gasteiger partial charge in [-0.1, -0.05) is 23.7 Å². The van der Waals surface area contributed by atoms with E-state index in [-0.39, 0.29) is 12.5 Å². The zero-order chi connectivity index (χ0) is 17.7. The predicted octanol–water partition coefficient (Wildman–Crippen LogP) is 4.19. The zero-order valence-electron chi connectivity index (χ0n) is 13.9. The van der Waals surface area contributed by atoms with Crippen molar-refractivity contribution in [2.75, 3.05) is 17.2 Å². The normalized spacial score (nSPS) is 10.2. The van der Waals surface area contributed by atoms with Crippen molar-refractivity contribution in [3.05, 3.63) is 58.1 Å². The minimum absolute atomic E-state index is 0.0720. The van der Waals surface area contributed by atoms with Crippen LogP contribution >= 0.6 is 23.8 Å². The molecule has 126 valence electrons. The van der Waals surface area contributed by atoms with Gasteiger partial charge in [-0.3, -0.25) is 4.79 Å². The van der Waals surface area contributed by atoms with Gasteiger partial charge in [0, 0.05) is 16.4 Å². The molecule has 0 aliphatic heterocycles. The van der Waals surface area contributed by atoms with Crippen LogP contribution in [0.25, 0.3) is 0 Å². The molecule has 0 fully saturated rings. The molecule has 0 heterocycles. The highest BCUT2D eigenvalue weighted by Gasteiger charge is 2.07. The van der Waals surface area contributed by atoms with E-state index < -0.39 is 0 Å². The van der Waals surface area contributed by atoms with Crippen LogP contribution in [0.15, 0.2) is 36.4 Å². The molecule has 0 saturated carbocycles. The minimum Gasteiger partial charge on any atom is -0.353 e. The lowest BCUT2D eigenvalue weighted by Gasteiger charge is -2.13. The lowest BCUT2D eigenvalue weighted by atomic mass is 10.1. The summed E-state index contributed by atoms with van der Waals surface area (Å²) in [7, 11) is 0. The second-order valence-electron chi connectivity index (χ2n) is 5.64. The molecule has 0 radical (unpaired) electrons. The molecule has 0 spiro atoms.